The SMILES string of the molecule is CN(/N=C\c1ccco1)C1=NS(=O)(=O)c2ccccc21. The molecule has 0 amide bonds. The predicted molar refractivity (Wildman–Crippen MR) is 74.2 cm³/mol. The van der Waals surface area contributed by atoms with Crippen LogP contribution in [0, 0.1) is 0 Å². The maximum Gasteiger partial charge on any atom is 0.285 e. The lowest BCUT2D eigenvalue weighted by Gasteiger charge is -2.11. The third-order valence-electron chi connectivity index (χ3n) is 2.82. The van der Waals surface area contributed by atoms with Crippen LogP contribution in [-0.2, 0) is 10.0 Å². The summed E-state index contributed by atoms with van der Waals surface area (Å²) in [5.41, 5.74) is 0.548. The van der Waals surface area contributed by atoms with E-state index in [1.165, 1.54) is 23.6 Å². The molecule has 0 bridgehead atoms. The number of nitrogens with zero attached hydrogens (tertiary/aromatic N) is 3. The summed E-state index contributed by atoms with van der Waals surface area (Å²) in [6, 6.07) is 10.2. The van der Waals surface area contributed by atoms with Gasteiger partial charge in [0, 0.05) is 12.6 Å². The molecule has 1 aromatic carbocycles. The Labute approximate surface area is 116 Å². The first-order valence-corrected chi connectivity index (χ1v) is 7.27. The summed E-state index contributed by atoms with van der Waals surface area (Å²) >= 11 is 0. The lowest BCUT2D eigenvalue weighted by molar-refractivity contribution is 0.534. The van der Waals surface area contributed by atoms with Gasteiger partial charge in [-0.2, -0.15) is 13.5 Å². The van der Waals surface area contributed by atoms with Crippen molar-refractivity contribution in [2.45, 2.75) is 4.90 Å². The summed E-state index contributed by atoms with van der Waals surface area (Å²) in [5, 5.41) is 5.54. The Morgan fingerprint density at radius 2 is 2.05 bits per heavy atom. The number of sulfonamides is 1. The van der Waals surface area contributed by atoms with Gasteiger partial charge in [-0.25, -0.2) is 5.01 Å². The molecule has 0 fully saturated rings. The standard InChI is InChI=1S/C13H11N3O3S/c1-16(14-9-10-5-4-8-19-10)13-11-6-2-3-7-12(11)20(17,18)15-13/h2-9H,1H3/b14-9-. The lowest BCUT2D eigenvalue weighted by atomic mass is 10.2. The summed E-state index contributed by atoms with van der Waals surface area (Å²) in [6.45, 7) is 0. The van der Waals surface area contributed by atoms with E-state index in [0.717, 1.165) is 0 Å². The summed E-state index contributed by atoms with van der Waals surface area (Å²) in [7, 11) is -1.99. The van der Waals surface area contributed by atoms with Crippen molar-refractivity contribution in [2.24, 2.45) is 9.50 Å². The van der Waals surface area contributed by atoms with Crippen LogP contribution in [0.1, 0.15) is 11.3 Å². The number of hydrogen-bond donors (Lipinski definition) is 0. The van der Waals surface area contributed by atoms with E-state index in [-0.39, 0.29) is 4.90 Å². The fourth-order valence-electron chi connectivity index (χ4n) is 1.88. The van der Waals surface area contributed by atoms with E-state index in [2.05, 4.69) is 9.50 Å². The highest BCUT2D eigenvalue weighted by atomic mass is 32.2. The molecule has 0 spiro atoms. The van der Waals surface area contributed by atoms with Crippen LogP contribution in [0.2, 0.25) is 0 Å². The Kier molecular flexibility index (Phi) is 2.90. The van der Waals surface area contributed by atoms with E-state index in [0.29, 0.717) is 17.2 Å². The van der Waals surface area contributed by atoms with Gasteiger partial charge in [-0.1, -0.05) is 12.1 Å². The molecule has 2 aromatic rings. The lowest BCUT2D eigenvalue weighted by Crippen LogP contribution is -2.21. The second kappa shape index (κ2) is 4.61. The van der Waals surface area contributed by atoms with Gasteiger partial charge in [-0.3, -0.25) is 0 Å². The molecule has 102 valence electrons. The number of fused-ring (bicyclic) bond motifs is 1. The van der Waals surface area contributed by atoms with Crippen molar-refractivity contribution < 1.29 is 12.8 Å². The zero-order valence-corrected chi connectivity index (χ0v) is 11.4. The molecule has 0 aliphatic carbocycles. The van der Waals surface area contributed by atoms with Crippen LogP contribution in [0.25, 0.3) is 0 Å². The van der Waals surface area contributed by atoms with Crippen molar-refractivity contribution in [1.82, 2.24) is 5.01 Å². The Balaban J connectivity index is 1.95. The van der Waals surface area contributed by atoms with Crippen LogP contribution in [0.5, 0.6) is 0 Å². The molecule has 0 saturated carbocycles. The molecule has 1 aromatic heterocycles. The fraction of sp³-hybridized carbons (Fsp3) is 0.0769. The first-order chi connectivity index (χ1) is 9.58. The fourth-order valence-corrected chi connectivity index (χ4v) is 3.12. The molecule has 0 N–H and O–H groups in total. The third-order valence-corrected chi connectivity index (χ3v) is 4.15. The zero-order chi connectivity index (χ0) is 14.2. The number of furan rings is 1. The van der Waals surface area contributed by atoms with Crippen LogP contribution in [-0.4, -0.2) is 32.5 Å². The number of amidine groups is 1. The van der Waals surface area contributed by atoms with Crippen LogP contribution in [0.15, 0.2) is 61.5 Å². The molecule has 0 radical (unpaired) electrons. The molecule has 0 unspecified atom stereocenters. The molecular weight excluding hydrogens is 278 g/mol. The van der Waals surface area contributed by atoms with Crippen molar-refractivity contribution in [3.8, 4) is 0 Å². The quantitative estimate of drug-likeness (QED) is 0.623. The summed E-state index contributed by atoms with van der Waals surface area (Å²) in [4.78, 5) is 0.204. The van der Waals surface area contributed by atoms with Gasteiger partial charge in [0.05, 0.1) is 12.5 Å². The highest BCUT2D eigenvalue weighted by molar-refractivity contribution is 7.90. The average Bonchev–Trinajstić information content (AvgIpc) is 3.03. The highest BCUT2D eigenvalue weighted by Gasteiger charge is 2.30. The molecule has 6 nitrogen and oxygen atoms in total. The second-order valence-corrected chi connectivity index (χ2v) is 5.74. The third kappa shape index (κ3) is 2.12. The Hall–Kier alpha value is -2.41. The number of benzene rings is 1. The smallest absolute Gasteiger partial charge is 0.285 e. The molecule has 0 atom stereocenters. The van der Waals surface area contributed by atoms with Crippen molar-refractivity contribution in [2.75, 3.05) is 7.05 Å². The van der Waals surface area contributed by atoms with Gasteiger partial charge in [0.15, 0.2) is 5.84 Å². The minimum Gasteiger partial charge on any atom is -0.463 e. The zero-order valence-electron chi connectivity index (χ0n) is 10.6. The van der Waals surface area contributed by atoms with E-state index in [1.807, 2.05) is 0 Å². The summed E-state index contributed by atoms with van der Waals surface area (Å²) < 4.78 is 32.7. The molecule has 1 aliphatic heterocycles. The maximum atomic E-state index is 11.9. The van der Waals surface area contributed by atoms with E-state index >= 15 is 0 Å². The molecule has 0 saturated heterocycles. The van der Waals surface area contributed by atoms with Gasteiger partial charge >= 0.3 is 0 Å². The molecule has 3 rings (SSSR count). The normalized spacial score (nSPS) is 16.1. The molecular formula is C13H11N3O3S. The van der Waals surface area contributed by atoms with Crippen molar-refractivity contribution in [1.29, 1.82) is 0 Å². The van der Waals surface area contributed by atoms with E-state index < -0.39 is 10.0 Å². The minimum absolute atomic E-state index is 0.204. The number of hydrazone groups is 1. The van der Waals surface area contributed by atoms with Gasteiger partial charge in [0.25, 0.3) is 10.0 Å². The molecule has 2 heterocycles. The van der Waals surface area contributed by atoms with E-state index in [1.54, 1.807) is 37.4 Å². The average molecular weight is 289 g/mol. The number of rotatable bonds is 2. The first kappa shape index (κ1) is 12.6. The maximum absolute atomic E-state index is 11.9. The van der Waals surface area contributed by atoms with E-state index in [9.17, 15) is 8.42 Å². The Bertz CT molecular complexity index is 792. The monoisotopic (exact) mass is 289 g/mol. The summed E-state index contributed by atoms with van der Waals surface area (Å²) in [6.07, 6.45) is 3.03. The van der Waals surface area contributed by atoms with Crippen LogP contribution < -0.4 is 0 Å². The van der Waals surface area contributed by atoms with Crippen LogP contribution in [0.4, 0.5) is 0 Å². The van der Waals surface area contributed by atoms with Crippen molar-refractivity contribution in [3.05, 3.63) is 54.0 Å². The number of hydrogen-bond acceptors (Lipinski definition) is 5. The van der Waals surface area contributed by atoms with Crippen molar-refractivity contribution in [3.63, 3.8) is 0 Å². The van der Waals surface area contributed by atoms with Gasteiger partial charge in [0.2, 0.25) is 0 Å². The van der Waals surface area contributed by atoms with Gasteiger partial charge in [-0.15, -0.1) is 4.40 Å². The minimum atomic E-state index is -3.62. The molecule has 1 aliphatic rings. The highest BCUT2D eigenvalue weighted by Crippen LogP contribution is 2.26. The largest absolute Gasteiger partial charge is 0.463 e. The van der Waals surface area contributed by atoms with E-state index in [4.69, 9.17) is 4.42 Å². The molecule has 7 heteroatoms. The Morgan fingerprint density at radius 1 is 1.25 bits per heavy atom. The van der Waals surface area contributed by atoms with Gasteiger partial charge in [-0.05, 0) is 24.3 Å². The first-order valence-electron chi connectivity index (χ1n) is 5.83. The second-order valence-electron chi connectivity index (χ2n) is 4.17. The van der Waals surface area contributed by atoms with Gasteiger partial charge in [0.1, 0.15) is 10.7 Å². The van der Waals surface area contributed by atoms with Crippen LogP contribution >= 0.6 is 0 Å². The topological polar surface area (TPSA) is 75.2 Å². The Morgan fingerprint density at radius 3 is 2.80 bits per heavy atom. The predicted octanol–water partition coefficient (Wildman–Crippen LogP) is 1.69. The molecule has 20 heavy (non-hydrogen) atoms. The van der Waals surface area contributed by atoms with Crippen molar-refractivity contribution >= 4 is 22.1 Å². The van der Waals surface area contributed by atoms with Gasteiger partial charge < -0.3 is 4.42 Å². The summed E-state index contributed by atoms with van der Waals surface area (Å²) in [5.74, 6) is 0.870. The van der Waals surface area contributed by atoms with Crippen LogP contribution in [0.3, 0.4) is 0 Å².